The number of aromatic nitrogens is 1. The topological polar surface area (TPSA) is 31.4 Å². The molecule has 1 aliphatic rings. The van der Waals surface area contributed by atoms with Crippen molar-refractivity contribution in [2.45, 2.75) is 0 Å². The van der Waals surface area contributed by atoms with Crippen LogP contribution >= 0.6 is 0 Å². The van der Waals surface area contributed by atoms with E-state index < -0.39 is 0 Å². The maximum atomic E-state index is 5.47. The van der Waals surface area contributed by atoms with Gasteiger partial charge in [-0.15, -0.1) is 0 Å². The Balaban J connectivity index is 2.27. The van der Waals surface area contributed by atoms with Crippen LogP contribution in [0.15, 0.2) is 24.4 Å². The molecule has 0 saturated heterocycles. The molecule has 3 rings (SSSR count). The second-order valence-corrected chi connectivity index (χ2v) is 3.16. The molecule has 0 saturated carbocycles. The molecule has 1 radical (unpaired) electrons. The van der Waals surface area contributed by atoms with Crippen molar-refractivity contribution >= 4 is 10.8 Å². The predicted octanol–water partition coefficient (Wildman–Crippen LogP) is 1.81. The molecule has 1 aromatic carbocycles. The van der Waals surface area contributed by atoms with Gasteiger partial charge in [0.2, 0.25) is 0 Å². The Hall–Kier alpha value is -1.77. The summed E-state index contributed by atoms with van der Waals surface area (Å²) in [4.78, 5) is 3.94. The van der Waals surface area contributed by atoms with Crippen LogP contribution in [0.5, 0.6) is 11.5 Å². The number of pyridine rings is 1. The van der Waals surface area contributed by atoms with E-state index in [9.17, 15) is 0 Å². The van der Waals surface area contributed by atoms with E-state index >= 15 is 0 Å². The van der Waals surface area contributed by atoms with E-state index in [0.717, 1.165) is 22.3 Å². The largest absolute Gasteiger partial charge is 0.486 e. The average Bonchev–Trinajstić information content (AvgIpc) is 2.26. The Morgan fingerprint density at radius 1 is 1.07 bits per heavy atom. The van der Waals surface area contributed by atoms with Crippen molar-refractivity contribution in [1.29, 1.82) is 0 Å². The maximum Gasteiger partial charge on any atom is 0.162 e. The molecule has 0 N–H and O–H groups in total. The fourth-order valence-corrected chi connectivity index (χ4v) is 1.57. The molecule has 0 atom stereocenters. The third kappa shape index (κ3) is 1.09. The summed E-state index contributed by atoms with van der Waals surface area (Å²) in [5.74, 6) is 1.61. The summed E-state index contributed by atoms with van der Waals surface area (Å²) >= 11 is 0. The van der Waals surface area contributed by atoms with Gasteiger partial charge in [-0.25, -0.2) is 0 Å². The molecule has 1 aromatic heterocycles. The van der Waals surface area contributed by atoms with Gasteiger partial charge in [0, 0.05) is 11.6 Å². The molecule has 3 nitrogen and oxygen atoms in total. The van der Waals surface area contributed by atoms with Crippen molar-refractivity contribution in [3.8, 4) is 11.5 Å². The number of nitrogens with zero attached hydrogens (tertiary/aromatic N) is 1. The van der Waals surface area contributed by atoms with E-state index in [2.05, 4.69) is 11.2 Å². The van der Waals surface area contributed by atoms with Crippen molar-refractivity contribution in [2.75, 3.05) is 13.2 Å². The molecule has 3 heteroatoms. The molecule has 0 fully saturated rings. The van der Waals surface area contributed by atoms with Gasteiger partial charge in [-0.3, -0.25) is 4.98 Å². The molecule has 0 amide bonds. The molecule has 14 heavy (non-hydrogen) atoms. The fraction of sp³-hybridized carbons (Fsp3) is 0.182. The van der Waals surface area contributed by atoms with E-state index in [4.69, 9.17) is 9.47 Å². The number of ether oxygens (including phenoxy) is 2. The van der Waals surface area contributed by atoms with Crippen LogP contribution in [0.1, 0.15) is 0 Å². The van der Waals surface area contributed by atoms with E-state index in [0.29, 0.717) is 13.2 Å². The molecular weight excluding hydrogens is 178 g/mol. The molecule has 2 heterocycles. The van der Waals surface area contributed by atoms with Gasteiger partial charge in [-0.05, 0) is 23.6 Å². The summed E-state index contributed by atoms with van der Waals surface area (Å²) in [5.41, 5.74) is 0. The first kappa shape index (κ1) is 7.62. The Kier molecular flexibility index (Phi) is 1.56. The lowest BCUT2D eigenvalue weighted by molar-refractivity contribution is 0.172. The lowest BCUT2D eigenvalue weighted by atomic mass is 10.1. The number of fused-ring (bicyclic) bond motifs is 2. The van der Waals surface area contributed by atoms with Gasteiger partial charge in [0.05, 0.1) is 6.20 Å². The van der Waals surface area contributed by atoms with Crippen LogP contribution in [0.4, 0.5) is 0 Å². The molecule has 1 aliphatic heterocycles. The summed E-state index contributed by atoms with van der Waals surface area (Å²) in [6, 6.07) is 5.75. The van der Waals surface area contributed by atoms with Gasteiger partial charge in [0.25, 0.3) is 0 Å². The standard InChI is InChI=1S/C11H8NO2/c1-2-12-7-9-6-11-10(5-8(1)9)13-3-4-14-11/h1,5-7H,3-4H2. The zero-order chi connectivity index (χ0) is 9.38. The molecule has 2 aromatic rings. The monoisotopic (exact) mass is 186 g/mol. The van der Waals surface area contributed by atoms with Crippen molar-refractivity contribution in [2.24, 2.45) is 0 Å². The first-order valence-electron chi connectivity index (χ1n) is 4.49. The lowest BCUT2D eigenvalue weighted by Gasteiger charge is -2.18. The van der Waals surface area contributed by atoms with E-state index in [1.54, 1.807) is 6.20 Å². The van der Waals surface area contributed by atoms with Crippen LogP contribution in [0.25, 0.3) is 10.8 Å². The van der Waals surface area contributed by atoms with Gasteiger partial charge in [-0.1, -0.05) is 0 Å². The minimum atomic E-state index is 0.616. The van der Waals surface area contributed by atoms with E-state index in [1.165, 1.54) is 0 Å². The van der Waals surface area contributed by atoms with Crippen LogP contribution in [-0.2, 0) is 0 Å². The number of benzene rings is 1. The second-order valence-electron chi connectivity index (χ2n) is 3.16. The minimum absolute atomic E-state index is 0.616. The van der Waals surface area contributed by atoms with Crippen LogP contribution < -0.4 is 9.47 Å². The summed E-state index contributed by atoms with van der Waals surface area (Å²) < 4.78 is 10.9. The zero-order valence-corrected chi connectivity index (χ0v) is 7.49. The average molecular weight is 186 g/mol. The van der Waals surface area contributed by atoms with Gasteiger partial charge >= 0.3 is 0 Å². The van der Waals surface area contributed by atoms with Crippen molar-refractivity contribution in [1.82, 2.24) is 4.98 Å². The Morgan fingerprint density at radius 2 is 1.79 bits per heavy atom. The number of hydrogen-bond donors (Lipinski definition) is 0. The van der Waals surface area contributed by atoms with Crippen LogP contribution in [0.2, 0.25) is 0 Å². The number of hydrogen-bond acceptors (Lipinski definition) is 3. The first-order chi connectivity index (χ1) is 6.93. The highest BCUT2D eigenvalue weighted by atomic mass is 16.6. The normalized spacial score (nSPS) is 14.3. The summed E-state index contributed by atoms with van der Waals surface area (Å²) in [6.07, 6.45) is 4.57. The van der Waals surface area contributed by atoms with Crippen LogP contribution in [-0.4, -0.2) is 18.2 Å². The third-order valence-corrected chi connectivity index (χ3v) is 2.25. The van der Waals surface area contributed by atoms with Gasteiger partial charge in [-0.2, -0.15) is 0 Å². The molecule has 0 unspecified atom stereocenters. The van der Waals surface area contributed by atoms with Crippen molar-refractivity contribution in [3.63, 3.8) is 0 Å². The van der Waals surface area contributed by atoms with Gasteiger partial charge in [0.15, 0.2) is 11.5 Å². The Bertz CT molecular complexity index is 437. The maximum absolute atomic E-state index is 5.47. The minimum Gasteiger partial charge on any atom is -0.486 e. The van der Waals surface area contributed by atoms with Crippen molar-refractivity contribution < 1.29 is 9.47 Å². The van der Waals surface area contributed by atoms with Crippen LogP contribution in [0.3, 0.4) is 0 Å². The van der Waals surface area contributed by atoms with Crippen molar-refractivity contribution in [3.05, 3.63) is 30.6 Å². The van der Waals surface area contributed by atoms with E-state index in [-0.39, 0.29) is 0 Å². The highest BCUT2D eigenvalue weighted by Gasteiger charge is 2.11. The molecule has 0 aliphatic carbocycles. The quantitative estimate of drug-likeness (QED) is 0.628. The molecule has 0 bridgehead atoms. The SMILES string of the molecule is [c]1cc2cc3c(cc2cn1)OCCO3. The lowest BCUT2D eigenvalue weighted by Crippen LogP contribution is -2.15. The molecular formula is C11H8NO2. The van der Waals surface area contributed by atoms with Crippen LogP contribution in [0, 0.1) is 6.20 Å². The summed E-state index contributed by atoms with van der Waals surface area (Å²) in [6.45, 7) is 1.23. The predicted molar refractivity (Wildman–Crippen MR) is 51.6 cm³/mol. The van der Waals surface area contributed by atoms with Gasteiger partial charge in [0.1, 0.15) is 13.2 Å². The first-order valence-corrected chi connectivity index (χ1v) is 4.49. The smallest absolute Gasteiger partial charge is 0.162 e. The van der Waals surface area contributed by atoms with Gasteiger partial charge < -0.3 is 9.47 Å². The Labute approximate surface area is 81.3 Å². The fourth-order valence-electron chi connectivity index (χ4n) is 1.57. The van der Waals surface area contributed by atoms with E-state index in [1.807, 2.05) is 18.2 Å². The molecule has 0 spiro atoms. The highest BCUT2D eigenvalue weighted by Crippen LogP contribution is 2.33. The third-order valence-electron chi connectivity index (χ3n) is 2.25. The second kappa shape index (κ2) is 2.87. The summed E-state index contributed by atoms with van der Waals surface area (Å²) in [7, 11) is 0. The summed E-state index contributed by atoms with van der Waals surface area (Å²) in [5, 5.41) is 2.12. The highest BCUT2D eigenvalue weighted by molar-refractivity contribution is 5.85. The Morgan fingerprint density at radius 3 is 2.57 bits per heavy atom. The molecule has 69 valence electrons. The zero-order valence-electron chi connectivity index (χ0n) is 7.49. The number of rotatable bonds is 0.